The zero-order chi connectivity index (χ0) is 14.7. The van der Waals surface area contributed by atoms with Gasteiger partial charge in [-0.1, -0.05) is 5.16 Å². The molecule has 7 nitrogen and oxygen atoms in total. The molecule has 0 spiro atoms. The van der Waals surface area contributed by atoms with Crippen molar-refractivity contribution in [1.82, 2.24) is 20.0 Å². The lowest BCUT2D eigenvalue weighted by Crippen LogP contribution is -2.44. The molecule has 0 N–H and O–H groups in total. The minimum absolute atomic E-state index is 0.0765. The Kier molecular flexibility index (Phi) is 3.81. The number of hydrogen-bond acceptors (Lipinski definition) is 6. The van der Waals surface area contributed by atoms with E-state index in [0.29, 0.717) is 30.4 Å². The first-order chi connectivity index (χ1) is 10.2. The minimum Gasteiger partial charge on any atom is -0.471 e. The average molecular weight is 288 g/mol. The van der Waals surface area contributed by atoms with Crippen molar-refractivity contribution in [2.75, 3.05) is 13.1 Å². The summed E-state index contributed by atoms with van der Waals surface area (Å²) < 4.78 is 10.7. The molecule has 0 unspecified atom stereocenters. The highest BCUT2D eigenvalue weighted by atomic mass is 16.5. The molecule has 3 rings (SSSR count). The third kappa shape index (κ3) is 3.18. The van der Waals surface area contributed by atoms with Gasteiger partial charge < -0.3 is 14.2 Å². The Labute approximate surface area is 121 Å². The maximum absolute atomic E-state index is 12.3. The molecule has 2 aromatic rings. The Balaban J connectivity index is 1.64. The quantitative estimate of drug-likeness (QED) is 0.850. The summed E-state index contributed by atoms with van der Waals surface area (Å²) in [6.07, 6.45) is 6.44. The number of amides is 1. The Morgan fingerprint density at radius 1 is 1.48 bits per heavy atom. The first-order valence-corrected chi connectivity index (χ1v) is 6.87. The van der Waals surface area contributed by atoms with Crippen LogP contribution in [0.4, 0.5) is 0 Å². The van der Waals surface area contributed by atoms with Crippen molar-refractivity contribution in [3.05, 3.63) is 36.1 Å². The van der Waals surface area contributed by atoms with Crippen LogP contribution in [0.5, 0.6) is 5.88 Å². The Bertz CT molecular complexity index is 614. The Morgan fingerprint density at radius 3 is 3.10 bits per heavy atom. The highest BCUT2D eigenvalue weighted by Crippen LogP contribution is 2.17. The topological polar surface area (TPSA) is 81.4 Å². The number of aryl methyl sites for hydroxylation is 1. The van der Waals surface area contributed by atoms with E-state index < -0.39 is 0 Å². The molecule has 2 aromatic heterocycles. The molecule has 0 aromatic carbocycles. The van der Waals surface area contributed by atoms with Crippen molar-refractivity contribution in [3.63, 3.8) is 0 Å². The fourth-order valence-corrected chi connectivity index (χ4v) is 2.37. The molecule has 1 atom stereocenters. The van der Waals surface area contributed by atoms with Gasteiger partial charge in [0.2, 0.25) is 5.88 Å². The highest BCUT2D eigenvalue weighted by molar-refractivity contribution is 5.92. The van der Waals surface area contributed by atoms with E-state index in [1.54, 1.807) is 36.5 Å². The van der Waals surface area contributed by atoms with Gasteiger partial charge in [-0.2, -0.15) is 0 Å². The summed E-state index contributed by atoms with van der Waals surface area (Å²) in [7, 11) is 0. The van der Waals surface area contributed by atoms with Gasteiger partial charge in [0.25, 0.3) is 5.91 Å². The van der Waals surface area contributed by atoms with Crippen LogP contribution in [0.3, 0.4) is 0 Å². The Hall–Kier alpha value is -2.44. The van der Waals surface area contributed by atoms with Crippen LogP contribution in [0.25, 0.3) is 0 Å². The number of ether oxygens (including phenoxy) is 1. The molecular formula is C14H16N4O3. The molecular weight excluding hydrogens is 272 g/mol. The maximum Gasteiger partial charge on any atom is 0.276 e. The normalized spacial score (nSPS) is 18.5. The van der Waals surface area contributed by atoms with Gasteiger partial charge in [0.05, 0.1) is 12.7 Å². The third-order valence-corrected chi connectivity index (χ3v) is 3.34. The summed E-state index contributed by atoms with van der Waals surface area (Å²) in [6.45, 7) is 2.98. The molecule has 3 heterocycles. The molecule has 1 amide bonds. The first kappa shape index (κ1) is 13.5. The molecule has 1 fully saturated rings. The van der Waals surface area contributed by atoms with Crippen LogP contribution in [0.2, 0.25) is 0 Å². The lowest BCUT2D eigenvalue weighted by atomic mass is 10.1. The summed E-state index contributed by atoms with van der Waals surface area (Å²) in [6, 6.07) is 1.65. The van der Waals surface area contributed by atoms with Crippen LogP contribution < -0.4 is 4.74 Å². The predicted octanol–water partition coefficient (Wildman–Crippen LogP) is 1.46. The lowest BCUT2D eigenvalue weighted by molar-refractivity contribution is 0.0518. The fraction of sp³-hybridized carbons (Fsp3) is 0.429. The number of nitrogens with zero attached hydrogens (tertiary/aromatic N) is 4. The van der Waals surface area contributed by atoms with E-state index in [1.165, 1.54) is 0 Å². The van der Waals surface area contributed by atoms with E-state index in [1.807, 2.05) is 0 Å². The summed E-state index contributed by atoms with van der Waals surface area (Å²) in [5.41, 5.74) is 0.340. The van der Waals surface area contributed by atoms with Gasteiger partial charge in [-0.25, -0.2) is 4.98 Å². The molecule has 0 saturated carbocycles. The van der Waals surface area contributed by atoms with Crippen molar-refractivity contribution >= 4 is 5.91 Å². The largest absolute Gasteiger partial charge is 0.471 e. The van der Waals surface area contributed by atoms with Gasteiger partial charge in [-0.3, -0.25) is 9.78 Å². The molecule has 0 radical (unpaired) electrons. The number of carbonyl (C=O) groups excluding carboxylic acids is 1. The second kappa shape index (κ2) is 5.90. The average Bonchev–Trinajstić information content (AvgIpc) is 2.94. The van der Waals surface area contributed by atoms with Crippen LogP contribution in [0.15, 0.2) is 29.2 Å². The van der Waals surface area contributed by atoms with Crippen LogP contribution in [-0.2, 0) is 0 Å². The van der Waals surface area contributed by atoms with E-state index in [0.717, 1.165) is 12.8 Å². The zero-order valence-corrected chi connectivity index (χ0v) is 11.7. The number of rotatable bonds is 3. The highest BCUT2D eigenvalue weighted by Gasteiger charge is 2.27. The predicted molar refractivity (Wildman–Crippen MR) is 72.8 cm³/mol. The molecule has 1 aliphatic rings. The number of carbonyl (C=O) groups is 1. The Morgan fingerprint density at radius 2 is 2.38 bits per heavy atom. The zero-order valence-electron chi connectivity index (χ0n) is 11.7. The molecule has 1 saturated heterocycles. The number of likely N-dealkylation sites (tertiary alicyclic amines) is 1. The van der Waals surface area contributed by atoms with Crippen molar-refractivity contribution in [2.45, 2.75) is 25.9 Å². The summed E-state index contributed by atoms with van der Waals surface area (Å²) in [4.78, 5) is 22.1. The number of piperidine rings is 1. The van der Waals surface area contributed by atoms with E-state index >= 15 is 0 Å². The van der Waals surface area contributed by atoms with Crippen LogP contribution in [0.1, 0.15) is 29.1 Å². The van der Waals surface area contributed by atoms with Gasteiger partial charge in [0.15, 0.2) is 5.69 Å². The lowest BCUT2D eigenvalue weighted by Gasteiger charge is -2.32. The first-order valence-electron chi connectivity index (χ1n) is 6.87. The van der Waals surface area contributed by atoms with Gasteiger partial charge in [0.1, 0.15) is 11.9 Å². The third-order valence-electron chi connectivity index (χ3n) is 3.34. The smallest absolute Gasteiger partial charge is 0.276 e. The van der Waals surface area contributed by atoms with Gasteiger partial charge >= 0.3 is 0 Å². The molecule has 21 heavy (non-hydrogen) atoms. The van der Waals surface area contributed by atoms with E-state index in [-0.39, 0.29) is 12.0 Å². The standard InChI is InChI=1S/C14H16N4O3/c1-10-7-12(17-21-10)14(19)18-6-2-3-11(9-18)20-13-8-15-4-5-16-13/h4-5,7-8,11H,2-3,6,9H2,1H3/t11-/m1/s1. The number of aromatic nitrogens is 3. The van der Waals surface area contributed by atoms with Crippen molar-refractivity contribution < 1.29 is 14.1 Å². The van der Waals surface area contributed by atoms with Crippen molar-refractivity contribution in [2.24, 2.45) is 0 Å². The second-order valence-corrected chi connectivity index (χ2v) is 5.00. The van der Waals surface area contributed by atoms with Crippen molar-refractivity contribution in [1.29, 1.82) is 0 Å². The summed E-state index contributed by atoms with van der Waals surface area (Å²) in [5.74, 6) is 0.982. The SMILES string of the molecule is Cc1cc(C(=O)N2CCC[C@@H](Oc3cnccn3)C2)no1. The maximum atomic E-state index is 12.3. The molecule has 110 valence electrons. The molecule has 0 aliphatic carbocycles. The van der Waals surface area contributed by atoms with Crippen LogP contribution >= 0.6 is 0 Å². The van der Waals surface area contributed by atoms with E-state index in [9.17, 15) is 4.79 Å². The minimum atomic E-state index is -0.126. The van der Waals surface area contributed by atoms with Crippen LogP contribution in [0, 0.1) is 6.92 Å². The van der Waals surface area contributed by atoms with E-state index in [4.69, 9.17) is 9.26 Å². The molecule has 7 heteroatoms. The van der Waals surface area contributed by atoms with Gasteiger partial charge in [0, 0.05) is 25.0 Å². The second-order valence-electron chi connectivity index (χ2n) is 5.00. The summed E-state index contributed by atoms with van der Waals surface area (Å²) in [5, 5.41) is 3.77. The van der Waals surface area contributed by atoms with Crippen LogP contribution in [-0.4, -0.2) is 45.1 Å². The summed E-state index contributed by atoms with van der Waals surface area (Å²) >= 11 is 0. The molecule has 1 aliphatic heterocycles. The molecule has 0 bridgehead atoms. The van der Waals surface area contributed by atoms with Gasteiger partial charge in [-0.05, 0) is 19.8 Å². The van der Waals surface area contributed by atoms with E-state index in [2.05, 4.69) is 15.1 Å². The monoisotopic (exact) mass is 288 g/mol. The van der Waals surface area contributed by atoms with Gasteiger partial charge in [-0.15, -0.1) is 0 Å². The van der Waals surface area contributed by atoms with Crippen molar-refractivity contribution in [3.8, 4) is 5.88 Å². The fourth-order valence-electron chi connectivity index (χ4n) is 2.37. The number of hydrogen-bond donors (Lipinski definition) is 0.